The van der Waals surface area contributed by atoms with Gasteiger partial charge in [0.05, 0.1) is 12.1 Å². The Morgan fingerprint density at radius 3 is 2.19 bits per heavy atom. The number of alkyl halides is 3. The normalized spacial score (nSPS) is 11.1. The van der Waals surface area contributed by atoms with E-state index in [1.165, 1.54) is 42.0 Å². The molecule has 0 aliphatic carbocycles. The van der Waals surface area contributed by atoms with Crippen molar-refractivity contribution in [2.45, 2.75) is 19.6 Å². The highest BCUT2D eigenvalue weighted by atomic mass is 19.4. The van der Waals surface area contributed by atoms with Crippen LogP contribution in [0.4, 0.5) is 24.5 Å². The van der Waals surface area contributed by atoms with Crippen molar-refractivity contribution in [3.8, 4) is 0 Å². The summed E-state index contributed by atoms with van der Waals surface area (Å²) in [5.41, 5.74) is -0.141. The van der Waals surface area contributed by atoms with Gasteiger partial charge in [0, 0.05) is 24.5 Å². The molecule has 9 heteroatoms. The van der Waals surface area contributed by atoms with E-state index in [9.17, 15) is 27.6 Å². The number of aromatic nitrogens is 1. The molecule has 0 saturated heterocycles. The van der Waals surface area contributed by atoms with Gasteiger partial charge >= 0.3 is 6.18 Å². The predicted molar refractivity (Wildman–Crippen MR) is 110 cm³/mol. The minimum Gasteiger partial charge on any atom is -0.326 e. The lowest BCUT2D eigenvalue weighted by Gasteiger charge is -2.11. The maximum atomic E-state index is 12.7. The molecule has 0 atom stereocenters. The van der Waals surface area contributed by atoms with Crippen LogP contribution in [0.15, 0.2) is 71.7 Å². The molecule has 2 amide bonds. The van der Waals surface area contributed by atoms with Crippen molar-refractivity contribution >= 4 is 23.2 Å². The summed E-state index contributed by atoms with van der Waals surface area (Å²) in [6, 6.07) is 13.8. The molecule has 31 heavy (non-hydrogen) atoms. The van der Waals surface area contributed by atoms with Crippen molar-refractivity contribution in [2.75, 3.05) is 10.6 Å². The molecular weight excluding hydrogens is 411 g/mol. The van der Waals surface area contributed by atoms with E-state index in [1.54, 1.807) is 24.3 Å². The van der Waals surface area contributed by atoms with Gasteiger partial charge in [-0.1, -0.05) is 18.2 Å². The van der Waals surface area contributed by atoms with Crippen LogP contribution < -0.4 is 16.2 Å². The van der Waals surface area contributed by atoms with E-state index in [-0.39, 0.29) is 18.0 Å². The maximum absolute atomic E-state index is 12.7. The second-order valence-electron chi connectivity index (χ2n) is 6.77. The molecule has 0 radical (unpaired) electrons. The van der Waals surface area contributed by atoms with Crippen molar-refractivity contribution < 1.29 is 22.8 Å². The lowest BCUT2D eigenvalue weighted by molar-refractivity contribution is -0.137. The third-order valence-corrected chi connectivity index (χ3v) is 4.34. The van der Waals surface area contributed by atoms with E-state index < -0.39 is 23.2 Å². The molecule has 0 spiro atoms. The van der Waals surface area contributed by atoms with Gasteiger partial charge in [0.25, 0.3) is 11.5 Å². The van der Waals surface area contributed by atoms with E-state index in [4.69, 9.17) is 0 Å². The maximum Gasteiger partial charge on any atom is 0.416 e. The van der Waals surface area contributed by atoms with Gasteiger partial charge in [-0.05, 0) is 48.0 Å². The van der Waals surface area contributed by atoms with Crippen molar-refractivity contribution in [1.82, 2.24) is 4.57 Å². The van der Waals surface area contributed by atoms with Crippen LogP contribution in [0.3, 0.4) is 0 Å². The Hall–Kier alpha value is -3.88. The van der Waals surface area contributed by atoms with Crippen LogP contribution in [0.1, 0.15) is 28.4 Å². The monoisotopic (exact) mass is 429 g/mol. The number of nitrogens with zero attached hydrogens (tertiary/aromatic N) is 1. The van der Waals surface area contributed by atoms with Gasteiger partial charge in [0.1, 0.15) is 5.56 Å². The quantitative estimate of drug-likeness (QED) is 0.640. The fourth-order valence-corrected chi connectivity index (χ4v) is 2.91. The average Bonchev–Trinajstić information content (AvgIpc) is 2.69. The van der Waals surface area contributed by atoms with Crippen LogP contribution in [0.25, 0.3) is 0 Å². The molecule has 3 aromatic rings. The first kappa shape index (κ1) is 21.8. The Morgan fingerprint density at radius 2 is 1.58 bits per heavy atom. The molecule has 0 unspecified atom stereocenters. The van der Waals surface area contributed by atoms with E-state index in [2.05, 4.69) is 10.6 Å². The number of hydrogen-bond donors (Lipinski definition) is 2. The number of carbonyl (C=O) groups excluding carboxylic acids is 2. The molecule has 160 valence electrons. The first-order chi connectivity index (χ1) is 14.6. The second kappa shape index (κ2) is 8.86. The number of halogens is 3. The molecule has 6 nitrogen and oxygen atoms in total. The second-order valence-corrected chi connectivity index (χ2v) is 6.77. The topological polar surface area (TPSA) is 80.2 Å². The first-order valence-corrected chi connectivity index (χ1v) is 9.18. The van der Waals surface area contributed by atoms with Crippen LogP contribution in [-0.2, 0) is 17.5 Å². The molecule has 0 aliphatic rings. The highest BCUT2D eigenvalue weighted by molar-refractivity contribution is 6.04. The molecule has 2 N–H and O–H groups in total. The number of pyridine rings is 1. The highest BCUT2D eigenvalue weighted by Gasteiger charge is 2.29. The molecule has 0 bridgehead atoms. The predicted octanol–water partition coefficient (Wildman–Crippen LogP) is 4.13. The number of anilines is 2. The van der Waals surface area contributed by atoms with Crippen molar-refractivity contribution in [3.05, 3.63) is 93.9 Å². The third kappa shape index (κ3) is 5.59. The zero-order chi connectivity index (χ0) is 22.6. The largest absolute Gasteiger partial charge is 0.416 e. The number of carbonyl (C=O) groups is 2. The Bertz CT molecular complexity index is 1170. The van der Waals surface area contributed by atoms with Gasteiger partial charge in [0.15, 0.2) is 0 Å². The number of nitrogens with one attached hydrogen (secondary N) is 2. The van der Waals surface area contributed by atoms with Gasteiger partial charge < -0.3 is 15.2 Å². The molecule has 1 heterocycles. The molecular formula is C22H18F3N3O3. The molecule has 0 saturated carbocycles. The van der Waals surface area contributed by atoms with Crippen LogP contribution in [0, 0.1) is 0 Å². The van der Waals surface area contributed by atoms with Crippen LogP contribution in [0.2, 0.25) is 0 Å². The zero-order valence-electron chi connectivity index (χ0n) is 16.4. The van der Waals surface area contributed by atoms with E-state index in [0.717, 1.165) is 12.1 Å². The SMILES string of the molecule is CC(=O)Nc1cccc(NC(=O)c2cccn(Cc3ccc(C(F)(F)F)cc3)c2=O)c1. The van der Waals surface area contributed by atoms with Crippen LogP contribution in [0.5, 0.6) is 0 Å². The van der Waals surface area contributed by atoms with E-state index in [0.29, 0.717) is 16.9 Å². The van der Waals surface area contributed by atoms with Crippen LogP contribution >= 0.6 is 0 Å². The van der Waals surface area contributed by atoms with E-state index in [1.807, 2.05) is 0 Å². The van der Waals surface area contributed by atoms with Crippen molar-refractivity contribution in [2.24, 2.45) is 0 Å². The fraction of sp³-hybridized carbons (Fsp3) is 0.136. The third-order valence-electron chi connectivity index (χ3n) is 4.34. The van der Waals surface area contributed by atoms with Crippen LogP contribution in [-0.4, -0.2) is 16.4 Å². The van der Waals surface area contributed by atoms with Gasteiger partial charge in [0.2, 0.25) is 5.91 Å². The standard InChI is InChI=1S/C22H18F3N3O3/c1-14(29)26-17-4-2-5-18(12-17)27-20(30)19-6-3-11-28(21(19)31)13-15-7-9-16(10-8-15)22(23,24)25/h2-12H,13H2,1H3,(H,26,29)(H,27,30). The minimum atomic E-state index is -4.44. The van der Waals surface area contributed by atoms with Gasteiger partial charge in [-0.2, -0.15) is 13.2 Å². The average molecular weight is 429 g/mol. The first-order valence-electron chi connectivity index (χ1n) is 9.18. The number of rotatable bonds is 5. The number of hydrogen-bond acceptors (Lipinski definition) is 3. The Kier molecular flexibility index (Phi) is 6.24. The summed E-state index contributed by atoms with van der Waals surface area (Å²) in [5, 5.41) is 5.19. The molecule has 0 aliphatic heterocycles. The summed E-state index contributed by atoms with van der Waals surface area (Å²) < 4.78 is 39.3. The minimum absolute atomic E-state index is 0.0100. The number of benzene rings is 2. The van der Waals surface area contributed by atoms with E-state index >= 15 is 0 Å². The Morgan fingerprint density at radius 1 is 0.935 bits per heavy atom. The highest BCUT2D eigenvalue weighted by Crippen LogP contribution is 2.29. The Labute approximate surface area is 175 Å². The van der Waals surface area contributed by atoms with Crippen molar-refractivity contribution in [3.63, 3.8) is 0 Å². The summed E-state index contributed by atoms with van der Waals surface area (Å²) in [4.78, 5) is 36.5. The molecule has 0 fully saturated rings. The molecule has 2 aromatic carbocycles. The van der Waals surface area contributed by atoms with Gasteiger partial charge in [-0.15, -0.1) is 0 Å². The summed E-state index contributed by atoms with van der Waals surface area (Å²) in [5.74, 6) is -0.913. The lowest BCUT2D eigenvalue weighted by atomic mass is 10.1. The summed E-state index contributed by atoms with van der Waals surface area (Å²) >= 11 is 0. The summed E-state index contributed by atoms with van der Waals surface area (Å²) in [6.07, 6.45) is -2.99. The molecule has 1 aromatic heterocycles. The lowest BCUT2D eigenvalue weighted by Crippen LogP contribution is -2.29. The Balaban J connectivity index is 1.78. The van der Waals surface area contributed by atoms with Crippen molar-refractivity contribution in [1.29, 1.82) is 0 Å². The molecule has 3 rings (SSSR count). The van der Waals surface area contributed by atoms with Gasteiger partial charge in [-0.3, -0.25) is 14.4 Å². The zero-order valence-corrected chi connectivity index (χ0v) is 16.4. The fourth-order valence-electron chi connectivity index (χ4n) is 2.91. The number of amides is 2. The summed E-state index contributed by atoms with van der Waals surface area (Å²) in [7, 11) is 0. The summed E-state index contributed by atoms with van der Waals surface area (Å²) in [6.45, 7) is 1.37. The van der Waals surface area contributed by atoms with Gasteiger partial charge in [-0.25, -0.2) is 0 Å². The smallest absolute Gasteiger partial charge is 0.326 e.